The zero-order chi connectivity index (χ0) is 14.0. The molecule has 2 aromatic rings. The molecule has 0 aliphatic carbocycles. The van der Waals surface area contributed by atoms with Gasteiger partial charge in [0.05, 0.1) is 12.7 Å². The molecule has 0 spiro atoms. The van der Waals surface area contributed by atoms with Crippen molar-refractivity contribution in [2.45, 2.75) is 6.92 Å². The summed E-state index contributed by atoms with van der Waals surface area (Å²) in [5.41, 5.74) is 0.181. The third kappa shape index (κ3) is 2.47. The second-order valence-electron chi connectivity index (χ2n) is 4.12. The fraction of sp³-hybridized carbons (Fsp3) is 0.133. The van der Waals surface area contributed by atoms with Crippen LogP contribution in [-0.2, 0) is 0 Å². The van der Waals surface area contributed by atoms with E-state index in [4.69, 9.17) is 4.74 Å². The van der Waals surface area contributed by atoms with Gasteiger partial charge in [-0.3, -0.25) is 4.79 Å². The summed E-state index contributed by atoms with van der Waals surface area (Å²) in [4.78, 5) is 12.1. The van der Waals surface area contributed by atoms with E-state index in [9.17, 15) is 13.6 Å². The Kier molecular flexibility index (Phi) is 3.60. The number of ketones is 1. The lowest BCUT2D eigenvalue weighted by Gasteiger charge is -2.06. The molecule has 0 N–H and O–H groups in total. The lowest BCUT2D eigenvalue weighted by Crippen LogP contribution is -2.06. The van der Waals surface area contributed by atoms with E-state index in [-0.39, 0.29) is 16.7 Å². The predicted molar refractivity (Wildman–Crippen MR) is 67.5 cm³/mol. The van der Waals surface area contributed by atoms with Gasteiger partial charge in [-0.25, -0.2) is 8.78 Å². The summed E-state index contributed by atoms with van der Waals surface area (Å²) < 4.78 is 32.1. The van der Waals surface area contributed by atoms with Gasteiger partial charge in [0.2, 0.25) is 0 Å². The van der Waals surface area contributed by atoms with E-state index in [2.05, 4.69) is 0 Å². The van der Waals surface area contributed by atoms with Crippen molar-refractivity contribution in [1.82, 2.24) is 0 Å². The molecule has 0 unspecified atom stereocenters. The quantitative estimate of drug-likeness (QED) is 0.791. The van der Waals surface area contributed by atoms with Crippen LogP contribution in [0.15, 0.2) is 36.4 Å². The average molecular weight is 262 g/mol. The molecule has 2 rings (SSSR count). The summed E-state index contributed by atoms with van der Waals surface area (Å²) in [7, 11) is 1.51. The summed E-state index contributed by atoms with van der Waals surface area (Å²) in [6.45, 7) is 1.44. The summed E-state index contributed by atoms with van der Waals surface area (Å²) in [6, 6.07) is 8.89. The zero-order valence-corrected chi connectivity index (χ0v) is 10.5. The Bertz CT molecular complexity index is 619. The lowest BCUT2D eigenvalue weighted by molar-refractivity contribution is 0.103. The van der Waals surface area contributed by atoms with Gasteiger partial charge < -0.3 is 4.74 Å². The van der Waals surface area contributed by atoms with Crippen molar-refractivity contribution in [3.63, 3.8) is 0 Å². The Hall–Kier alpha value is -2.23. The number of ether oxygens (including phenoxy) is 1. The van der Waals surface area contributed by atoms with E-state index >= 15 is 0 Å². The molecular weight excluding hydrogens is 250 g/mol. The Morgan fingerprint density at radius 2 is 1.63 bits per heavy atom. The molecule has 2 aromatic carbocycles. The van der Waals surface area contributed by atoms with Crippen molar-refractivity contribution in [3.05, 3.63) is 64.7 Å². The number of aryl methyl sites for hydroxylation is 1. The smallest absolute Gasteiger partial charge is 0.196 e. The van der Waals surface area contributed by atoms with Crippen molar-refractivity contribution in [3.8, 4) is 5.75 Å². The van der Waals surface area contributed by atoms with E-state index in [0.29, 0.717) is 5.75 Å². The SMILES string of the molecule is COc1ccc(C(=O)c2ccc(C)c(F)c2F)cc1. The highest BCUT2D eigenvalue weighted by molar-refractivity contribution is 6.09. The summed E-state index contributed by atoms with van der Waals surface area (Å²) in [5.74, 6) is -2.06. The number of benzene rings is 2. The van der Waals surface area contributed by atoms with Gasteiger partial charge in [0.25, 0.3) is 0 Å². The van der Waals surface area contributed by atoms with Gasteiger partial charge in [0, 0.05) is 5.56 Å². The van der Waals surface area contributed by atoms with Crippen LogP contribution in [-0.4, -0.2) is 12.9 Å². The maximum Gasteiger partial charge on any atom is 0.196 e. The minimum atomic E-state index is -1.11. The number of halogens is 2. The van der Waals surface area contributed by atoms with Gasteiger partial charge in [0.15, 0.2) is 17.4 Å². The molecule has 0 aliphatic rings. The summed E-state index contributed by atoms with van der Waals surface area (Å²) in [6.07, 6.45) is 0. The standard InChI is InChI=1S/C15H12F2O2/c1-9-3-8-12(14(17)13(9)16)15(18)10-4-6-11(19-2)7-5-10/h3-8H,1-2H3. The Morgan fingerprint density at radius 3 is 2.21 bits per heavy atom. The second-order valence-corrected chi connectivity index (χ2v) is 4.12. The predicted octanol–water partition coefficient (Wildman–Crippen LogP) is 3.51. The minimum Gasteiger partial charge on any atom is -0.497 e. The van der Waals surface area contributed by atoms with Crippen LogP contribution in [0.5, 0.6) is 5.75 Å². The van der Waals surface area contributed by atoms with Crippen molar-refractivity contribution >= 4 is 5.78 Å². The van der Waals surface area contributed by atoms with Crippen LogP contribution in [0.1, 0.15) is 21.5 Å². The molecular formula is C15H12F2O2. The molecule has 0 saturated carbocycles. The van der Waals surface area contributed by atoms with Crippen LogP contribution in [0.2, 0.25) is 0 Å². The monoisotopic (exact) mass is 262 g/mol. The van der Waals surface area contributed by atoms with E-state index in [1.807, 2.05) is 0 Å². The number of carbonyl (C=O) groups excluding carboxylic acids is 1. The maximum absolute atomic E-state index is 13.7. The topological polar surface area (TPSA) is 26.3 Å². The minimum absolute atomic E-state index is 0.170. The molecule has 0 saturated heterocycles. The number of hydrogen-bond acceptors (Lipinski definition) is 2. The normalized spacial score (nSPS) is 10.3. The fourth-order valence-corrected chi connectivity index (χ4v) is 1.72. The van der Waals surface area contributed by atoms with E-state index < -0.39 is 17.4 Å². The molecule has 0 aliphatic heterocycles. The first-order valence-corrected chi connectivity index (χ1v) is 5.68. The Balaban J connectivity index is 2.41. The van der Waals surface area contributed by atoms with Crippen LogP contribution in [0.4, 0.5) is 8.78 Å². The third-order valence-corrected chi connectivity index (χ3v) is 2.87. The third-order valence-electron chi connectivity index (χ3n) is 2.87. The van der Waals surface area contributed by atoms with Crippen molar-refractivity contribution < 1.29 is 18.3 Å². The molecule has 4 heteroatoms. The first kappa shape index (κ1) is 13.2. The van der Waals surface area contributed by atoms with E-state index in [0.717, 1.165) is 0 Å². The number of hydrogen-bond donors (Lipinski definition) is 0. The Morgan fingerprint density at radius 1 is 1.00 bits per heavy atom. The number of rotatable bonds is 3. The van der Waals surface area contributed by atoms with Crippen molar-refractivity contribution in [2.24, 2.45) is 0 Å². The highest BCUT2D eigenvalue weighted by Crippen LogP contribution is 2.20. The van der Waals surface area contributed by atoms with E-state index in [1.165, 1.54) is 38.3 Å². The molecule has 0 amide bonds. The molecule has 2 nitrogen and oxygen atoms in total. The van der Waals surface area contributed by atoms with Crippen LogP contribution in [0.25, 0.3) is 0 Å². The van der Waals surface area contributed by atoms with Gasteiger partial charge in [0.1, 0.15) is 5.75 Å². The summed E-state index contributed by atoms with van der Waals surface area (Å²) >= 11 is 0. The van der Waals surface area contributed by atoms with E-state index in [1.54, 1.807) is 12.1 Å². The average Bonchev–Trinajstić information content (AvgIpc) is 2.44. The molecule has 0 bridgehead atoms. The first-order valence-electron chi connectivity index (χ1n) is 5.68. The molecule has 19 heavy (non-hydrogen) atoms. The lowest BCUT2D eigenvalue weighted by atomic mass is 10.0. The van der Waals surface area contributed by atoms with Gasteiger partial charge in [-0.05, 0) is 42.8 Å². The zero-order valence-electron chi connectivity index (χ0n) is 10.5. The van der Waals surface area contributed by atoms with Gasteiger partial charge in [-0.2, -0.15) is 0 Å². The molecule has 0 atom stereocenters. The van der Waals surface area contributed by atoms with Crippen LogP contribution in [0.3, 0.4) is 0 Å². The number of carbonyl (C=O) groups is 1. The molecule has 0 fully saturated rings. The maximum atomic E-state index is 13.7. The first-order chi connectivity index (χ1) is 9.04. The summed E-state index contributed by atoms with van der Waals surface area (Å²) in [5, 5.41) is 0. The second kappa shape index (κ2) is 5.18. The molecule has 98 valence electrons. The van der Waals surface area contributed by atoms with Crippen LogP contribution in [0, 0.1) is 18.6 Å². The van der Waals surface area contributed by atoms with Crippen LogP contribution < -0.4 is 4.74 Å². The number of methoxy groups -OCH3 is 1. The van der Waals surface area contributed by atoms with Gasteiger partial charge >= 0.3 is 0 Å². The largest absolute Gasteiger partial charge is 0.497 e. The van der Waals surface area contributed by atoms with Crippen molar-refractivity contribution in [2.75, 3.05) is 7.11 Å². The van der Waals surface area contributed by atoms with Gasteiger partial charge in [-0.1, -0.05) is 6.07 Å². The highest BCUT2D eigenvalue weighted by Gasteiger charge is 2.18. The molecule has 0 heterocycles. The highest BCUT2D eigenvalue weighted by atomic mass is 19.2. The molecule has 0 aromatic heterocycles. The Labute approximate surface area is 109 Å². The van der Waals surface area contributed by atoms with Crippen molar-refractivity contribution in [1.29, 1.82) is 0 Å². The molecule has 0 radical (unpaired) electrons. The fourth-order valence-electron chi connectivity index (χ4n) is 1.72. The van der Waals surface area contributed by atoms with Crippen LogP contribution >= 0.6 is 0 Å². The van der Waals surface area contributed by atoms with Gasteiger partial charge in [-0.15, -0.1) is 0 Å².